The van der Waals surface area contributed by atoms with Crippen molar-refractivity contribution in [1.29, 1.82) is 0 Å². The number of rotatable bonds is 4. The first kappa shape index (κ1) is 33.9. The van der Waals surface area contributed by atoms with E-state index in [9.17, 15) is 0 Å². The predicted octanol–water partition coefficient (Wildman–Crippen LogP) is 7.11. The Balaban J connectivity index is 0.000000476. The van der Waals surface area contributed by atoms with Crippen molar-refractivity contribution in [3.63, 3.8) is 0 Å². The number of nitrogens with zero attached hydrogens (tertiary/aromatic N) is 2. The van der Waals surface area contributed by atoms with Gasteiger partial charge in [-0.2, -0.15) is 0 Å². The quantitative estimate of drug-likeness (QED) is 0.111. The Bertz CT molecular complexity index is 996. The van der Waals surface area contributed by atoms with Crippen LogP contribution in [0.1, 0.15) is 25.3 Å². The second-order valence-corrected chi connectivity index (χ2v) is 9.30. The van der Waals surface area contributed by atoms with Crippen molar-refractivity contribution in [2.75, 3.05) is 13.1 Å². The number of thiocarbonyl (C=S) groups is 1. The molecule has 1 saturated heterocycles. The molecule has 3 aromatic rings. The second kappa shape index (κ2) is 21.1. The zero-order valence-electron chi connectivity index (χ0n) is 20.7. The van der Waals surface area contributed by atoms with Gasteiger partial charge in [0.2, 0.25) is 0 Å². The summed E-state index contributed by atoms with van der Waals surface area (Å²) in [7, 11) is 0. The number of aromatic nitrogens is 2. The Morgan fingerprint density at radius 3 is 1.94 bits per heavy atom. The summed E-state index contributed by atoms with van der Waals surface area (Å²) >= 11 is 13.0. The maximum atomic E-state index is 4.82. The van der Waals surface area contributed by atoms with E-state index in [0.717, 1.165) is 35.4 Å². The van der Waals surface area contributed by atoms with Gasteiger partial charge in [0.1, 0.15) is 10.1 Å². The first-order valence-corrected chi connectivity index (χ1v) is 12.6. The molecule has 8 heteroatoms. The fourth-order valence-electron chi connectivity index (χ4n) is 2.90. The zero-order chi connectivity index (χ0) is 25.9. The molecule has 1 aliphatic heterocycles. The van der Waals surface area contributed by atoms with E-state index in [1.807, 2.05) is 66.7 Å². The van der Waals surface area contributed by atoms with Crippen LogP contribution < -0.4 is 5.43 Å². The van der Waals surface area contributed by atoms with E-state index in [0.29, 0.717) is 4.32 Å². The Hall–Kier alpha value is -2.06. The summed E-state index contributed by atoms with van der Waals surface area (Å²) in [5, 5.41) is 2.92. The number of hydrogen-bond donors (Lipinski definition) is 4. The van der Waals surface area contributed by atoms with Crippen molar-refractivity contribution >= 4 is 64.9 Å². The average molecular weight is 604 g/mol. The van der Waals surface area contributed by atoms with Crippen LogP contribution in [0.25, 0.3) is 17.5 Å². The minimum atomic E-state index is 0. The van der Waals surface area contributed by atoms with Gasteiger partial charge in [-0.05, 0) is 24.3 Å². The molecular formula is C28H36N4S3Se. The fraction of sp³-hybridized carbons (Fsp3) is 0.214. The van der Waals surface area contributed by atoms with Crippen LogP contribution in [0.4, 0.5) is 0 Å². The molecule has 0 atom stereocenters. The number of benzene rings is 2. The molecule has 0 spiro atoms. The number of allylic oxidation sites excluding steroid dienone is 2. The first-order chi connectivity index (χ1) is 16.9. The maximum Gasteiger partial charge on any atom is 0.145 e. The molecule has 0 unspecified atom stereocenters. The van der Waals surface area contributed by atoms with Crippen LogP contribution in [0.5, 0.6) is 0 Å². The standard InChI is InChI=1S/C9H8N2S.C8H8.C7H14N2S2.C4H6.Se/c12-8-6-10-9(11-8)7-4-2-1-3-5-7;1-2-8-6-4-3-5-7-8;1-6-2-4-9(5-3-6)8-7(10)11;1-3-4-2;/h1-6,12H,(H,10,11);2-7H,1H2;6H,2-5H2,1H3,(H2,8,10,11);3-4H,1-2H2;. The van der Waals surface area contributed by atoms with Crippen LogP contribution in [0.3, 0.4) is 0 Å². The predicted molar refractivity (Wildman–Crippen MR) is 169 cm³/mol. The summed E-state index contributed by atoms with van der Waals surface area (Å²) in [6.45, 7) is 14.8. The van der Waals surface area contributed by atoms with Gasteiger partial charge in [-0.25, -0.2) is 9.99 Å². The zero-order valence-corrected chi connectivity index (χ0v) is 25.0. The van der Waals surface area contributed by atoms with Crippen molar-refractivity contribution in [2.45, 2.75) is 24.8 Å². The summed E-state index contributed by atoms with van der Waals surface area (Å²) in [6, 6.07) is 20.0. The minimum Gasteiger partial charge on any atom is -0.333 e. The second-order valence-electron chi connectivity index (χ2n) is 7.66. The fourth-order valence-corrected chi connectivity index (χ4v) is 3.33. The normalized spacial score (nSPS) is 12.4. The Labute approximate surface area is 243 Å². The molecule has 0 bridgehead atoms. The van der Waals surface area contributed by atoms with E-state index in [4.69, 9.17) is 12.2 Å². The summed E-state index contributed by atoms with van der Waals surface area (Å²) in [4.78, 5) is 7.20. The molecule has 36 heavy (non-hydrogen) atoms. The van der Waals surface area contributed by atoms with Gasteiger partial charge in [0, 0.05) is 35.7 Å². The molecular weight excluding hydrogens is 567 g/mol. The molecule has 1 aliphatic rings. The summed E-state index contributed by atoms with van der Waals surface area (Å²) < 4.78 is 0.569. The number of H-pyrrole nitrogens is 1. The van der Waals surface area contributed by atoms with Gasteiger partial charge in [-0.3, -0.25) is 0 Å². The molecule has 0 saturated carbocycles. The van der Waals surface area contributed by atoms with Crippen LogP contribution in [0, 0.1) is 5.92 Å². The van der Waals surface area contributed by atoms with Crippen molar-refractivity contribution < 1.29 is 0 Å². The van der Waals surface area contributed by atoms with Gasteiger partial charge >= 0.3 is 0 Å². The molecule has 1 fully saturated rings. The summed E-state index contributed by atoms with van der Waals surface area (Å²) in [5.41, 5.74) is 5.29. The minimum absolute atomic E-state index is 0. The van der Waals surface area contributed by atoms with Crippen LogP contribution in [0.15, 0.2) is 104 Å². The largest absolute Gasteiger partial charge is 0.333 e. The molecule has 0 amide bonds. The SMILES string of the molecule is C=CC=C.C=Cc1ccccc1.CC1CCN(NC(=S)S)CC1.Sc1cnc(-c2ccccc2)[nH]1.[Se]. The van der Waals surface area contributed by atoms with Gasteiger partial charge in [0.25, 0.3) is 0 Å². The Kier molecular flexibility index (Phi) is 19.9. The summed E-state index contributed by atoms with van der Waals surface area (Å²) in [5.74, 6) is 1.72. The molecule has 1 aromatic heterocycles. The smallest absolute Gasteiger partial charge is 0.145 e. The van der Waals surface area contributed by atoms with Crippen LogP contribution in [-0.2, 0) is 0 Å². The van der Waals surface area contributed by atoms with E-state index in [-0.39, 0.29) is 17.1 Å². The maximum absolute atomic E-state index is 4.82. The van der Waals surface area contributed by atoms with Gasteiger partial charge in [-0.15, -0.1) is 25.3 Å². The number of piperidine rings is 1. The molecule has 0 aliphatic carbocycles. The molecule has 192 valence electrons. The van der Waals surface area contributed by atoms with E-state index < -0.39 is 0 Å². The van der Waals surface area contributed by atoms with Crippen molar-refractivity contribution in [3.05, 3.63) is 104 Å². The van der Waals surface area contributed by atoms with E-state index >= 15 is 0 Å². The number of hydrazine groups is 1. The van der Waals surface area contributed by atoms with Gasteiger partial charge in [0.15, 0.2) is 0 Å². The van der Waals surface area contributed by atoms with Crippen LogP contribution in [-0.4, -0.2) is 49.5 Å². The van der Waals surface area contributed by atoms with Crippen molar-refractivity contribution in [3.8, 4) is 11.4 Å². The summed E-state index contributed by atoms with van der Waals surface area (Å²) in [6.07, 6.45) is 9.32. The third-order valence-corrected chi connectivity index (χ3v) is 5.27. The average Bonchev–Trinajstić information content (AvgIpc) is 3.33. The monoisotopic (exact) mass is 604 g/mol. The van der Waals surface area contributed by atoms with Gasteiger partial charge < -0.3 is 10.4 Å². The van der Waals surface area contributed by atoms with Crippen LogP contribution in [0.2, 0.25) is 0 Å². The Morgan fingerprint density at radius 1 is 1.03 bits per heavy atom. The molecule has 2 aromatic carbocycles. The van der Waals surface area contributed by atoms with Crippen molar-refractivity contribution in [2.24, 2.45) is 5.92 Å². The molecule has 2 radical (unpaired) electrons. The molecule has 2 N–H and O–H groups in total. The third kappa shape index (κ3) is 15.8. The van der Waals surface area contributed by atoms with Crippen molar-refractivity contribution in [1.82, 2.24) is 20.4 Å². The van der Waals surface area contributed by atoms with Crippen LogP contribution >= 0.6 is 37.5 Å². The van der Waals surface area contributed by atoms with E-state index in [1.54, 1.807) is 18.3 Å². The molecule has 4 nitrogen and oxygen atoms in total. The molecule has 2 heterocycles. The Morgan fingerprint density at radius 2 is 1.56 bits per heavy atom. The topological polar surface area (TPSA) is 44.0 Å². The van der Waals surface area contributed by atoms with E-state index in [2.05, 4.69) is 72.3 Å². The van der Waals surface area contributed by atoms with Gasteiger partial charge in [-0.1, -0.05) is 118 Å². The van der Waals surface area contributed by atoms with Gasteiger partial charge in [0.05, 0.1) is 11.2 Å². The number of aromatic amines is 1. The first-order valence-electron chi connectivity index (χ1n) is 11.3. The number of imidazole rings is 1. The van der Waals surface area contributed by atoms with E-state index in [1.165, 1.54) is 18.4 Å². The number of hydrogen-bond acceptors (Lipinski definition) is 4. The molecule has 4 rings (SSSR count). The third-order valence-electron chi connectivity index (χ3n) is 4.85. The number of thiol groups is 2. The number of nitrogens with one attached hydrogen (secondary N) is 2.